The Kier molecular flexibility index (Phi) is 5.06. The topological polar surface area (TPSA) is 65.0 Å². The van der Waals surface area contributed by atoms with E-state index in [1.54, 1.807) is 0 Å². The Hall–Kier alpha value is -1.66. The molecule has 6 heteroatoms. The highest BCUT2D eigenvalue weighted by molar-refractivity contribution is 5.77. The molecule has 0 aliphatic carbocycles. The third-order valence-electron chi connectivity index (χ3n) is 2.43. The van der Waals surface area contributed by atoms with Crippen LogP contribution in [0.15, 0.2) is 12.1 Å². The second kappa shape index (κ2) is 6.32. The van der Waals surface area contributed by atoms with Crippen molar-refractivity contribution in [2.24, 2.45) is 0 Å². The number of hydrogen-bond donors (Lipinski definition) is 1. The molecule has 1 aromatic carbocycles. The number of aliphatic hydroxyl groups is 1. The van der Waals surface area contributed by atoms with Crippen molar-refractivity contribution in [3.63, 3.8) is 0 Å². The van der Waals surface area contributed by atoms with Crippen molar-refractivity contribution in [3.05, 3.63) is 29.1 Å². The van der Waals surface area contributed by atoms with Gasteiger partial charge in [-0.15, -0.1) is 0 Å². The molecule has 0 aliphatic heterocycles. The summed E-state index contributed by atoms with van der Waals surface area (Å²) in [4.78, 5) is 11.2. The zero-order valence-electron chi connectivity index (χ0n) is 10.4. The molecule has 100 valence electrons. The van der Waals surface area contributed by atoms with Crippen LogP contribution in [0.1, 0.15) is 17.2 Å². The lowest BCUT2D eigenvalue weighted by Crippen LogP contribution is -2.15. The van der Waals surface area contributed by atoms with Gasteiger partial charge < -0.3 is 19.3 Å². The van der Waals surface area contributed by atoms with E-state index in [2.05, 4.69) is 4.74 Å². The number of benzene rings is 1. The molecule has 1 rings (SSSR count). The number of hydrogen-bond acceptors (Lipinski definition) is 5. The summed E-state index contributed by atoms with van der Waals surface area (Å²) in [5.41, 5.74) is 0.289. The van der Waals surface area contributed by atoms with E-state index in [0.29, 0.717) is 0 Å². The maximum Gasteiger partial charge on any atom is 0.339 e. The van der Waals surface area contributed by atoms with E-state index in [1.807, 2.05) is 0 Å². The second-order valence-corrected chi connectivity index (χ2v) is 3.52. The minimum Gasteiger partial charge on any atom is -0.493 e. The van der Waals surface area contributed by atoms with Crippen LogP contribution in [0.2, 0.25) is 0 Å². The molecule has 1 N–H and O–H groups in total. The van der Waals surface area contributed by atoms with Gasteiger partial charge in [0.15, 0.2) is 17.7 Å². The number of ether oxygens (including phenoxy) is 3. The van der Waals surface area contributed by atoms with Crippen LogP contribution in [0.3, 0.4) is 0 Å². The van der Waals surface area contributed by atoms with Gasteiger partial charge >= 0.3 is 5.97 Å². The molecule has 0 aliphatic rings. The van der Waals surface area contributed by atoms with Gasteiger partial charge in [-0.25, -0.2) is 9.18 Å². The van der Waals surface area contributed by atoms with E-state index in [-0.39, 0.29) is 23.5 Å². The lowest BCUT2D eigenvalue weighted by molar-refractivity contribution is -0.150. The fourth-order valence-corrected chi connectivity index (χ4v) is 1.54. The van der Waals surface area contributed by atoms with Crippen molar-refractivity contribution < 1.29 is 28.5 Å². The van der Waals surface area contributed by atoms with E-state index in [1.165, 1.54) is 26.4 Å². The smallest absolute Gasteiger partial charge is 0.339 e. The monoisotopic (exact) mass is 258 g/mol. The molecule has 18 heavy (non-hydrogen) atoms. The molecule has 0 saturated heterocycles. The van der Waals surface area contributed by atoms with E-state index >= 15 is 0 Å². The van der Waals surface area contributed by atoms with Crippen molar-refractivity contribution in [2.45, 2.75) is 12.7 Å². The normalized spacial score (nSPS) is 12.1. The van der Waals surface area contributed by atoms with Crippen molar-refractivity contribution in [1.29, 1.82) is 0 Å². The Morgan fingerprint density at radius 3 is 2.56 bits per heavy atom. The fraction of sp³-hybridized carbons (Fsp3) is 0.417. The van der Waals surface area contributed by atoms with Crippen LogP contribution in [0, 0.1) is 5.82 Å². The van der Waals surface area contributed by atoms with Crippen molar-refractivity contribution in [3.8, 4) is 5.75 Å². The highest BCUT2D eigenvalue weighted by Gasteiger charge is 2.25. The van der Waals surface area contributed by atoms with Gasteiger partial charge in [0.25, 0.3) is 0 Å². The summed E-state index contributed by atoms with van der Waals surface area (Å²) in [5, 5.41) is 9.69. The zero-order valence-corrected chi connectivity index (χ0v) is 10.4. The largest absolute Gasteiger partial charge is 0.493 e. The summed E-state index contributed by atoms with van der Waals surface area (Å²) in [7, 11) is 3.82. The minimum atomic E-state index is -1.59. The highest BCUT2D eigenvalue weighted by Crippen LogP contribution is 2.31. The van der Waals surface area contributed by atoms with Crippen LogP contribution < -0.4 is 4.74 Å². The number of methoxy groups -OCH3 is 3. The summed E-state index contributed by atoms with van der Waals surface area (Å²) in [6.07, 6.45) is -1.59. The molecular weight excluding hydrogens is 243 g/mol. The van der Waals surface area contributed by atoms with Gasteiger partial charge in [0, 0.05) is 18.2 Å². The quantitative estimate of drug-likeness (QED) is 0.803. The second-order valence-electron chi connectivity index (χ2n) is 3.52. The van der Waals surface area contributed by atoms with Crippen LogP contribution >= 0.6 is 0 Å². The molecule has 0 aromatic heterocycles. The average molecular weight is 258 g/mol. The molecule has 0 saturated carbocycles. The highest BCUT2D eigenvalue weighted by atomic mass is 19.1. The number of esters is 1. The standard InChI is InChI=1S/C12H15FO5/c1-16-6-7-4-5-8(10(14)12(15)18-3)11(17-2)9(7)13/h4-5,10,14H,6H2,1-3H3. The minimum absolute atomic E-state index is 0.0155. The van der Waals surface area contributed by atoms with Crippen molar-refractivity contribution in [1.82, 2.24) is 0 Å². The summed E-state index contributed by atoms with van der Waals surface area (Å²) in [6.45, 7) is 0.0663. The predicted octanol–water partition coefficient (Wildman–Crippen LogP) is 1.19. The Labute approximate surface area is 104 Å². The summed E-state index contributed by atoms with van der Waals surface area (Å²) in [5.74, 6) is -1.74. The van der Waals surface area contributed by atoms with Gasteiger partial charge in [0.1, 0.15) is 0 Å². The first-order valence-corrected chi connectivity index (χ1v) is 5.16. The number of carbonyl (C=O) groups excluding carboxylic acids is 1. The SMILES string of the molecule is COCc1ccc(C(O)C(=O)OC)c(OC)c1F. The molecular formula is C12H15FO5. The fourth-order valence-electron chi connectivity index (χ4n) is 1.54. The Morgan fingerprint density at radius 2 is 2.06 bits per heavy atom. The molecule has 0 spiro atoms. The number of halogens is 1. The molecule has 0 bridgehead atoms. The third-order valence-corrected chi connectivity index (χ3v) is 2.43. The molecule has 0 radical (unpaired) electrons. The van der Waals surface area contributed by atoms with E-state index < -0.39 is 17.9 Å². The van der Waals surface area contributed by atoms with Gasteiger partial charge in [-0.05, 0) is 0 Å². The van der Waals surface area contributed by atoms with Gasteiger partial charge in [-0.1, -0.05) is 12.1 Å². The summed E-state index contributed by atoms with van der Waals surface area (Å²) >= 11 is 0. The molecule has 1 unspecified atom stereocenters. The van der Waals surface area contributed by atoms with E-state index in [4.69, 9.17) is 9.47 Å². The van der Waals surface area contributed by atoms with E-state index in [9.17, 15) is 14.3 Å². The van der Waals surface area contributed by atoms with Crippen LogP contribution in [0.4, 0.5) is 4.39 Å². The molecule has 0 fully saturated rings. The molecule has 1 aromatic rings. The molecule has 0 heterocycles. The predicted molar refractivity (Wildman–Crippen MR) is 60.6 cm³/mol. The third kappa shape index (κ3) is 2.77. The van der Waals surface area contributed by atoms with E-state index in [0.717, 1.165) is 7.11 Å². The summed E-state index contributed by atoms with van der Waals surface area (Å²) in [6, 6.07) is 2.82. The Bertz CT molecular complexity index is 433. The lowest BCUT2D eigenvalue weighted by Gasteiger charge is -2.15. The Balaban J connectivity index is 3.21. The first-order chi connectivity index (χ1) is 8.56. The number of aliphatic hydroxyl groups excluding tert-OH is 1. The van der Waals surface area contributed by atoms with Gasteiger partial charge in [-0.3, -0.25) is 0 Å². The van der Waals surface area contributed by atoms with Gasteiger partial charge in [-0.2, -0.15) is 0 Å². The number of rotatable bonds is 5. The summed E-state index contributed by atoms with van der Waals surface area (Å²) < 4.78 is 28.1. The number of carbonyl (C=O) groups is 1. The van der Waals surface area contributed by atoms with Crippen LogP contribution in [-0.2, 0) is 20.9 Å². The van der Waals surface area contributed by atoms with Gasteiger partial charge in [0.2, 0.25) is 0 Å². The first-order valence-electron chi connectivity index (χ1n) is 5.16. The first kappa shape index (κ1) is 14.4. The molecule has 1 atom stereocenters. The van der Waals surface area contributed by atoms with Gasteiger partial charge in [0.05, 0.1) is 20.8 Å². The van der Waals surface area contributed by atoms with Crippen molar-refractivity contribution >= 4 is 5.97 Å². The Morgan fingerprint density at radius 1 is 1.39 bits per heavy atom. The molecule has 5 nitrogen and oxygen atoms in total. The van der Waals surface area contributed by atoms with Crippen LogP contribution in [0.5, 0.6) is 5.75 Å². The van der Waals surface area contributed by atoms with Crippen LogP contribution in [-0.4, -0.2) is 32.4 Å². The van der Waals surface area contributed by atoms with Crippen LogP contribution in [0.25, 0.3) is 0 Å². The lowest BCUT2D eigenvalue weighted by atomic mass is 10.0. The molecule has 0 amide bonds. The van der Waals surface area contributed by atoms with Crippen molar-refractivity contribution in [2.75, 3.05) is 21.3 Å². The maximum absolute atomic E-state index is 14.0. The maximum atomic E-state index is 14.0. The zero-order chi connectivity index (χ0) is 13.7. The average Bonchev–Trinajstić information content (AvgIpc) is 2.39.